The van der Waals surface area contributed by atoms with Gasteiger partial charge in [0.15, 0.2) is 0 Å². The highest BCUT2D eigenvalue weighted by molar-refractivity contribution is 5.84. The minimum atomic E-state index is -1.21. The predicted molar refractivity (Wildman–Crippen MR) is 39.6 cm³/mol. The first-order chi connectivity index (χ1) is 5.93. The minimum absolute atomic E-state index is 0.361. The lowest BCUT2D eigenvalue weighted by Crippen LogP contribution is -2.36. The lowest BCUT2D eigenvalue weighted by Gasteiger charge is -2.06. The predicted octanol–water partition coefficient (Wildman–Crippen LogP) is -1.79. The van der Waals surface area contributed by atoms with Gasteiger partial charge in [0.2, 0.25) is 5.91 Å². The van der Waals surface area contributed by atoms with Crippen LogP contribution >= 0.6 is 0 Å². The second-order valence-corrected chi connectivity index (χ2v) is 2.25. The van der Waals surface area contributed by atoms with Crippen molar-refractivity contribution in [3.8, 4) is 0 Å². The molecule has 0 heterocycles. The Kier molecular flexibility index (Phi) is 4.45. The molecule has 0 aromatic carbocycles. The van der Waals surface area contributed by atoms with Gasteiger partial charge in [0.25, 0.3) is 0 Å². The molecule has 0 radical (unpaired) electrons. The Morgan fingerprint density at radius 3 is 2.23 bits per heavy atom. The molecule has 0 aromatic heterocycles. The van der Waals surface area contributed by atoms with Crippen LogP contribution in [0.25, 0.3) is 0 Å². The van der Waals surface area contributed by atoms with Crippen LogP contribution in [0.3, 0.4) is 0 Å². The standard InChI is InChI=1S/C6H10N2O5/c1-3(9)12-13-6(11)4(7)2-5(8)10/h4H,2,7H2,1H3,(H2,8,10). The van der Waals surface area contributed by atoms with Crippen molar-refractivity contribution >= 4 is 17.8 Å². The highest BCUT2D eigenvalue weighted by atomic mass is 17.2. The second-order valence-electron chi connectivity index (χ2n) is 2.25. The SMILES string of the molecule is CC(=O)OOC(=O)C(N)CC(N)=O. The van der Waals surface area contributed by atoms with Gasteiger partial charge in [-0.2, -0.15) is 0 Å². The normalized spacial score (nSPS) is 11.5. The maximum Gasteiger partial charge on any atom is 0.372 e. The van der Waals surface area contributed by atoms with Gasteiger partial charge in [-0.05, 0) is 0 Å². The summed E-state index contributed by atoms with van der Waals surface area (Å²) in [6.07, 6.45) is -0.361. The molecule has 1 amide bonds. The molecule has 74 valence electrons. The number of nitrogens with two attached hydrogens (primary N) is 2. The van der Waals surface area contributed by atoms with Crippen molar-refractivity contribution in [1.29, 1.82) is 0 Å². The number of rotatable bonds is 3. The third-order valence-corrected chi connectivity index (χ3v) is 0.965. The summed E-state index contributed by atoms with van der Waals surface area (Å²) in [7, 11) is 0. The highest BCUT2D eigenvalue weighted by Crippen LogP contribution is 1.92. The van der Waals surface area contributed by atoms with Gasteiger partial charge in [0.1, 0.15) is 6.04 Å². The van der Waals surface area contributed by atoms with Crippen molar-refractivity contribution in [3.05, 3.63) is 0 Å². The fraction of sp³-hybridized carbons (Fsp3) is 0.500. The molecule has 0 aromatic rings. The quantitative estimate of drug-likeness (QED) is 0.400. The molecule has 13 heavy (non-hydrogen) atoms. The van der Waals surface area contributed by atoms with E-state index in [0.717, 1.165) is 6.92 Å². The summed E-state index contributed by atoms with van der Waals surface area (Å²) in [5.74, 6) is -2.55. The lowest BCUT2D eigenvalue weighted by atomic mass is 10.2. The fourth-order valence-corrected chi connectivity index (χ4v) is 0.462. The zero-order valence-electron chi connectivity index (χ0n) is 6.98. The summed E-state index contributed by atoms with van der Waals surface area (Å²) in [6, 6.07) is -1.21. The molecule has 1 atom stereocenters. The average Bonchev–Trinajstić information content (AvgIpc) is 1.98. The smallest absolute Gasteiger partial charge is 0.370 e. The maximum absolute atomic E-state index is 10.8. The van der Waals surface area contributed by atoms with Gasteiger partial charge < -0.3 is 11.5 Å². The first-order valence-corrected chi connectivity index (χ1v) is 3.36. The Morgan fingerprint density at radius 2 is 1.85 bits per heavy atom. The van der Waals surface area contributed by atoms with Crippen molar-refractivity contribution in [2.45, 2.75) is 19.4 Å². The monoisotopic (exact) mass is 190 g/mol. The lowest BCUT2D eigenvalue weighted by molar-refractivity contribution is -0.258. The van der Waals surface area contributed by atoms with E-state index in [1.54, 1.807) is 0 Å². The van der Waals surface area contributed by atoms with Crippen LogP contribution in [0.5, 0.6) is 0 Å². The van der Waals surface area contributed by atoms with Gasteiger partial charge in [-0.15, -0.1) is 0 Å². The van der Waals surface area contributed by atoms with E-state index in [-0.39, 0.29) is 6.42 Å². The molecular formula is C6H10N2O5. The third kappa shape index (κ3) is 5.62. The van der Waals surface area contributed by atoms with Crippen molar-refractivity contribution in [2.75, 3.05) is 0 Å². The summed E-state index contributed by atoms with van der Waals surface area (Å²) in [6.45, 7) is 1.05. The third-order valence-electron chi connectivity index (χ3n) is 0.965. The van der Waals surface area contributed by atoms with E-state index in [0.29, 0.717) is 0 Å². The van der Waals surface area contributed by atoms with Crippen LogP contribution in [-0.2, 0) is 24.2 Å². The number of primary amides is 1. The summed E-state index contributed by atoms with van der Waals surface area (Å²) < 4.78 is 0. The van der Waals surface area contributed by atoms with Gasteiger partial charge in [-0.3, -0.25) is 4.79 Å². The molecule has 0 bridgehead atoms. The number of carbonyl (C=O) groups excluding carboxylic acids is 3. The van der Waals surface area contributed by atoms with E-state index in [1.165, 1.54) is 0 Å². The molecule has 4 N–H and O–H groups in total. The van der Waals surface area contributed by atoms with E-state index in [9.17, 15) is 14.4 Å². The van der Waals surface area contributed by atoms with Gasteiger partial charge in [0, 0.05) is 6.92 Å². The van der Waals surface area contributed by atoms with Crippen molar-refractivity contribution in [3.63, 3.8) is 0 Å². The van der Waals surface area contributed by atoms with E-state index in [4.69, 9.17) is 11.5 Å². The second kappa shape index (κ2) is 5.09. The molecule has 0 aliphatic rings. The van der Waals surface area contributed by atoms with Crippen LogP contribution in [0, 0.1) is 0 Å². The molecule has 0 aliphatic heterocycles. The highest BCUT2D eigenvalue weighted by Gasteiger charge is 2.19. The van der Waals surface area contributed by atoms with Crippen LogP contribution in [0.2, 0.25) is 0 Å². The van der Waals surface area contributed by atoms with Crippen LogP contribution in [0.1, 0.15) is 13.3 Å². The van der Waals surface area contributed by atoms with Crippen molar-refractivity contribution in [2.24, 2.45) is 11.5 Å². The molecule has 7 nitrogen and oxygen atoms in total. The first-order valence-electron chi connectivity index (χ1n) is 3.36. The fourth-order valence-electron chi connectivity index (χ4n) is 0.462. The number of amides is 1. The minimum Gasteiger partial charge on any atom is -0.370 e. The zero-order valence-corrected chi connectivity index (χ0v) is 6.98. The molecule has 0 saturated heterocycles. The largest absolute Gasteiger partial charge is 0.372 e. The van der Waals surface area contributed by atoms with E-state index in [2.05, 4.69) is 9.78 Å². The first kappa shape index (κ1) is 11.4. The van der Waals surface area contributed by atoms with E-state index < -0.39 is 23.9 Å². The van der Waals surface area contributed by atoms with E-state index in [1.807, 2.05) is 0 Å². The zero-order chi connectivity index (χ0) is 10.4. The molecule has 7 heteroatoms. The van der Waals surface area contributed by atoms with E-state index >= 15 is 0 Å². The molecule has 0 spiro atoms. The van der Waals surface area contributed by atoms with Gasteiger partial charge in [0.05, 0.1) is 6.42 Å². The van der Waals surface area contributed by atoms with Gasteiger partial charge in [-0.1, -0.05) is 0 Å². The summed E-state index contributed by atoms with van der Waals surface area (Å²) in [5, 5.41) is 0. The Labute approximate surface area is 73.9 Å². The summed E-state index contributed by atoms with van der Waals surface area (Å²) >= 11 is 0. The van der Waals surface area contributed by atoms with Crippen LogP contribution in [-0.4, -0.2) is 23.9 Å². The summed E-state index contributed by atoms with van der Waals surface area (Å²) in [4.78, 5) is 39.0. The van der Waals surface area contributed by atoms with Crippen molar-refractivity contribution in [1.82, 2.24) is 0 Å². The topological polar surface area (TPSA) is 122 Å². The van der Waals surface area contributed by atoms with Gasteiger partial charge >= 0.3 is 11.9 Å². The number of carbonyl (C=O) groups is 3. The van der Waals surface area contributed by atoms with Crippen molar-refractivity contribution < 1.29 is 24.2 Å². The Balaban J connectivity index is 3.82. The number of hydrogen-bond acceptors (Lipinski definition) is 6. The molecule has 0 saturated carbocycles. The number of hydrogen-bond donors (Lipinski definition) is 2. The molecule has 0 aliphatic carbocycles. The Hall–Kier alpha value is -1.63. The molecular weight excluding hydrogens is 180 g/mol. The van der Waals surface area contributed by atoms with Crippen LogP contribution in [0.15, 0.2) is 0 Å². The Morgan fingerprint density at radius 1 is 1.31 bits per heavy atom. The Bertz CT molecular complexity index is 227. The molecule has 1 unspecified atom stereocenters. The van der Waals surface area contributed by atoms with Crippen LogP contribution in [0.4, 0.5) is 0 Å². The maximum atomic E-state index is 10.8. The molecule has 0 fully saturated rings. The van der Waals surface area contributed by atoms with Crippen LogP contribution < -0.4 is 11.5 Å². The van der Waals surface area contributed by atoms with Gasteiger partial charge in [-0.25, -0.2) is 19.4 Å². The molecule has 0 rings (SSSR count). The summed E-state index contributed by atoms with van der Waals surface area (Å²) in [5.41, 5.74) is 9.89. The average molecular weight is 190 g/mol.